The number of carbonyl (C=O) groups excluding carboxylic acids is 1. The Morgan fingerprint density at radius 1 is 1.80 bits per heavy atom. The average Bonchev–Trinajstić information content (AvgIpc) is 2.13. The second-order valence-corrected chi connectivity index (χ2v) is 2.88. The van der Waals surface area contributed by atoms with Gasteiger partial charge in [-0.15, -0.1) is 0 Å². The third-order valence-electron chi connectivity index (χ3n) is 2.01. The van der Waals surface area contributed by atoms with Gasteiger partial charge >= 0.3 is 0 Å². The van der Waals surface area contributed by atoms with E-state index >= 15 is 0 Å². The molecule has 0 radical (unpaired) electrons. The molecule has 58 valence electrons. The van der Waals surface area contributed by atoms with Crippen LogP contribution in [0.4, 0.5) is 0 Å². The van der Waals surface area contributed by atoms with E-state index in [0.29, 0.717) is 18.4 Å². The Balaban J connectivity index is 2.38. The van der Waals surface area contributed by atoms with Crippen LogP contribution in [0.1, 0.15) is 13.3 Å². The van der Waals surface area contributed by atoms with Crippen LogP contribution in [0.2, 0.25) is 0 Å². The van der Waals surface area contributed by atoms with Crippen LogP contribution < -0.4 is 10.6 Å². The number of nitrogens with one attached hydrogen (secondary N) is 2. The van der Waals surface area contributed by atoms with Gasteiger partial charge < -0.3 is 10.6 Å². The van der Waals surface area contributed by atoms with Crippen molar-refractivity contribution in [1.29, 1.82) is 0 Å². The summed E-state index contributed by atoms with van der Waals surface area (Å²) in [4.78, 5) is 10.8. The predicted molar refractivity (Wildman–Crippen MR) is 39.6 cm³/mol. The van der Waals surface area contributed by atoms with Crippen molar-refractivity contribution in [3.05, 3.63) is 0 Å². The minimum atomic E-state index is 0.188. The van der Waals surface area contributed by atoms with Crippen molar-refractivity contribution >= 4 is 5.91 Å². The quantitative estimate of drug-likeness (QED) is 0.557. The molecule has 1 aliphatic heterocycles. The highest BCUT2D eigenvalue weighted by Gasteiger charge is 2.27. The lowest BCUT2D eigenvalue weighted by Crippen LogP contribution is -2.30. The highest BCUT2D eigenvalue weighted by molar-refractivity contribution is 5.78. The molecule has 2 atom stereocenters. The fraction of sp³-hybridized carbons (Fsp3) is 0.857. The van der Waals surface area contributed by atoms with Crippen LogP contribution in [-0.4, -0.2) is 25.5 Å². The van der Waals surface area contributed by atoms with Gasteiger partial charge in [-0.2, -0.15) is 0 Å². The Kier molecular flexibility index (Phi) is 2.27. The summed E-state index contributed by atoms with van der Waals surface area (Å²) in [6.07, 6.45) is 0.683. The summed E-state index contributed by atoms with van der Waals surface area (Å²) in [5, 5.41) is 5.94. The lowest BCUT2D eigenvalue weighted by atomic mass is 10.0. The minimum absolute atomic E-state index is 0.188. The van der Waals surface area contributed by atoms with E-state index in [9.17, 15) is 4.79 Å². The van der Waals surface area contributed by atoms with E-state index in [-0.39, 0.29) is 5.91 Å². The Hall–Kier alpha value is -0.570. The van der Waals surface area contributed by atoms with Crippen molar-refractivity contribution in [2.24, 2.45) is 5.92 Å². The fourth-order valence-electron chi connectivity index (χ4n) is 1.36. The first-order valence-corrected chi connectivity index (χ1v) is 3.68. The van der Waals surface area contributed by atoms with Gasteiger partial charge in [0.25, 0.3) is 0 Å². The van der Waals surface area contributed by atoms with E-state index in [1.807, 2.05) is 14.0 Å². The summed E-state index contributed by atoms with van der Waals surface area (Å²) in [6, 6.07) is 0.347. The van der Waals surface area contributed by atoms with Gasteiger partial charge in [-0.3, -0.25) is 4.79 Å². The van der Waals surface area contributed by atoms with Gasteiger partial charge in [0.05, 0.1) is 0 Å². The van der Waals surface area contributed by atoms with E-state index in [4.69, 9.17) is 0 Å². The zero-order valence-electron chi connectivity index (χ0n) is 6.48. The van der Waals surface area contributed by atoms with Crippen LogP contribution in [0.3, 0.4) is 0 Å². The van der Waals surface area contributed by atoms with Crippen molar-refractivity contribution in [2.75, 3.05) is 13.6 Å². The molecule has 2 N–H and O–H groups in total. The molecule has 10 heavy (non-hydrogen) atoms. The van der Waals surface area contributed by atoms with Crippen molar-refractivity contribution in [1.82, 2.24) is 10.6 Å². The van der Waals surface area contributed by atoms with Crippen LogP contribution in [0.25, 0.3) is 0 Å². The molecule has 3 heteroatoms. The van der Waals surface area contributed by atoms with Crippen LogP contribution in [0.5, 0.6) is 0 Å². The first-order chi connectivity index (χ1) is 4.74. The molecule has 1 fully saturated rings. The smallest absolute Gasteiger partial charge is 0.220 e. The maximum Gasteiger partial charge on any atom is 0.220 e. The van der Waals surface area contributed by atoms with Crippen LogP contribution in [-0.2, 0) is 4.79 Å². The van der Waals surface area contributed by atoms with Crippen molar-refractivity contribution < 1.29 is 4.79 Å². The number of hydrogen-bond acceptors (Lipinski definition) is 2. The predicted octanol–water partition coefficient (Wildman–Crippen LogP) is -0.270. The lowest BCUT2D eigenvalue weighted by molar-refractivity contribution is -0.119. The summed E-state index contributed by atoms with van der Waals surface area (Å²) in [7, 11) is 1.91. The van der Waals surface area contributed by atoms with E-state index in [1.165, 1.54) is 0 Å². The molecule has 3 nitrogen and oxygen atoms in total. The minimum Gasteiger partial charge on any atom is -0.353 e. The lowest BCUT2D eigenvalue weighted by Gasteiger charge is -2.12. The van der Waals surface area contributed by atoms with E-state index in [0.717, 1.165) is 6.54 Å². The van der Waals surface area contributed by atoms with Gasteiger partial charge in [0.2, 0.25) is 5.91 Å². The standard InChI is InChI=1S/C7H14N2O/c1-5-6(4-8-2)3-7(10)9-5/h5-6,8H,3-4H2,1-2H3,(H,9,10). The molecule has 1 aliphatic rings. The molecule has 1 amide bonds. The van der Waals surface area contributed by atoms with Crippen LogP contribution in [0, 0.1) is 5.92 Å². The van der Waals surface area contributed by atoms with Crippen molar-refractivity contribution in [3.8, 4) is 0 Å². The van der Waals surface area contributed by atoms with Gasteiger partial charge in [0, 0.05) is 24.9 Å². The fourth-order valence-corrected chi connectivity index (χ4v) is 1.36. The van der Waals surface area contributed by atoms with Gasteiger partial charge in [-0.1, -0.05) is 0 Å². The van der Waals surface area contributed by atoms with Gasteiger partial charge in [0.15, 0.2) is 0 Å². The molecule has 0 aliphatic carbocycles. The number of rotatable bonds is 2. The normalized spacial score (nSPS) is 32.4. The Morgan fingerprint density at radius 3 is 2.90 bits per heavy atom. The molecular formula is C7H14N2O. The molecule has 0 saturated carbocycles. The Bertz CT molecular complexity index is 136. The molecule has 1 heterocycles. The number of amides is 1. The van der Waals surface area contributed by atoms with E-state index in [1.54, 1.807) is 0 Å². The summed E-state index contributed by atoms with van der Waals surface area (Å²) in [5.74, 6) is 0.672. The van der Waals surface area contributed by atoms with Gasteiger partial charge in [0.1, 0.15) is 0 Å². The van der Waals surface area contributed by atoms with E-state index in [2.05, 4.69) is 10.6 Å². The molecule has 0 spiro atoms. The third kappa shape index (κ3) is 1.48. The van der Waals surface area contributed by atoms with Gasteiger partial charge in [-0.05, 0) is 14.0 Å². The molecular weight excluding hydrogens is 128 g/mol. The maximum absolute atomic E-state index is 10.8. The Labute approximate surface area is 61.2 Å². The summed E-state index contributed by atoms with van der Waals surface area (Å²) in [5.41, 5.74) is 0. The Morgan fingerprint density at radius 2 is 2.50 bits per heavy atom. The third-order valence-corrected chi connectivity index (χ3v) is 2.01. The second-order valence-electron chi connectivity index (χ2n) is 2.88. The summed E-state index contributed by atoms with van der Waals surface area (Å²) in [6.45, 7) is 2.98. The van der Waals surface area contributed by atoms with Crippen LogP contribution in [0.15, 0.2) is 0 Å². The summed E-state index contributed by atoms with van der Waals surface area (Å²) < 4.78 is 0. The molecule has 0 aromatic heterocycles. The van der Waals surface area contributed by atoms with E-state index < -0.39 is 0 Å². The monoisotopic (exact) mass is 142 g/mol. The topological polar surface area (TPSA) is 41.1 Å². The number of hydrogen-bond donors (Lipinski definition) is 2. The second kappa shape index (κ2) is 3.01. The highest BCUT2D eigenvalue weighted by Crippen LogP contribution is 2.14. The SMILES string of the molecule is CNCC1CC(=O)NC1C. The molecule has 0 aromatic carbocycles. The molecule has 1 rings (SSSR count). The first-order valence-electron chi connectivity index (χ1n) is 3.68. The van der Waals surface area contributed by atoms with Crippen molar-refractivity contribution in [2.45, 2.75) is 19.4 Å². The molecule has 1 saturated heterocycles. The maximum atomic E-state index is 10.8. The molecule has 0 aromatic rings. The summed E-state index contributed by atoms with van der Waals surface area (Å²) >= 11 is 0. The first kappa shape index (κ1) is 7.54. The largest absolute Gasteiger partial charge is 0.353 e. The molecule has 0 bridgehead atoms. The average molecular weight is 142 g/mol. The highest BCUT2D eigenvalue weighted by atomic mass is 16.1. The van der Waals surface area contributed by atoms with Gasteiger partial charge in [-0.25, -0.2) is 0 Å². The number of carbonyl (C=O) groups is 1. The van der Waals surface area contributed by atoms with Crippen LogP contribution >= 0.6 is 0 Å². The zero-order chi connectivity index (χ0) is 7.56. The van der Waals surface area contributed by atoms with Crippen molar-refractivity contribution in [3.63, 3.8) is 0 Å². The zero-order valence-corrected chi connectivity index (χ0v) is 6.48. The molecule has 2 unspecified atom stereocenters.